The van der Waals surface area contributed by atoms with E-state index in [9.17, 15) is 4.79 Å². The third-order valence-corrected chi connectivity index (χ3v) is 3.80. The van der Waals surface area contributed by atoms with Gasteiger partial charge in [0.25, 0.3) is 5.91 Å². The lowest BCUT2D eigenvalue weighted by Crippen LogP contribution is -2.15. The molecular formula is C19H17N5O2. The standard InChI is InChI=1S/C19H17N5O2/c1-3-26-17-11-7-6-10-16(17)24-13(2)18(22-23-24)19(25)21-15-9-5-4-8-14(15)12-20/h4-11H,3H2,1-2H3,(H,21,25). The Morgan fingerprint density at radius 2 is 1.96 bits per heavy atom. The maximum Gasteiger partial charge on any atom is 0.278 e. The van der Waals surface area contributed by atoms with Crippen molar-refractivity contribution in [3.8, 4) is 17.5 Å². The van der Waals surface area contributed by atoms with Crippen LogP contribution in [0.15, 0.2) is 48.5 Å². The fraction of sp³-hybridized carbons (Fsp3) is 0.158. The fourth-order valence-electron chi connectivity index (χ4n) is 2.55. The number of nitrogens with one attached hydrogen (secondary N) is 1. The highest BCUT2D eigenvalue weighted by Crippen LogP contribution is 2.24. The van der Waals surface area contributed by atoms with Gasteiger partial charge in [-0.15, -0.1) is 5.10 Å². The maximum absolute atomic E-state index is 12.6. The van der Waals surface area contributed by atoms with Gasteiger partial charge in [0, 0.05) is 0 Å². The van der Waals surface area contributed by atoms with Crippen molar-refractivity contribution in [2.45, 2.75) is 13.8 Å². The van der Waals surface area contributed by atoms with Crippen LogP contribution in [0.3, 0.4) is 0 Å². The van der Waals surface area contributed by atoms with Crippen LogP contribution >= 0.6 is 0 Å². The molecule has 3 aromatic rings. The number of aromatic nitrogens is 3. The Bertz CT molecular complexity index is 988. The second-order valence-electron chi connectivity index (χ2n) is 5.45. The normalized spacial score (nSPS) is 10.2. The Balaban J connectivity index is 1.92. The van der Waals surface area contributed by atoms with Gasteiger partial charge in [0.1, 0.15) is 17.5 Å². The summed E-state index contributed by atoms with van der Waals surface area (Å²) in [5.74, 6) is 0.232. The third kappa shape index (κ3) is 3.26. The number of hydrogen-bond donors (Lipinski definition) is 1. The van der Waals surface area contributed by atoms with E-state index >= 15 is 0 Å². The molecule has 0 saturated heterocycles. The highest BCUT2D eigenvalue weighted by atomic mass is 16.5. The molecule has 26 heavy (non-hydrogen) atoms. The highest BCUT2D eigenvalue weighted by Gasteiger charge is 2.20. The van der Waals surface area contributed by atoms with Crippen LogP contribution in [0.1, 0.15) is 28.7 Å². The van der Waals surface area contributed by atoms with E-state index in [0.717, 1.165) is 0 Å². The summed E-state index contributed by atoms with van der Waals surface area (Å²) in [6.45, 7) is 4.17. The van der Waals surface area contributed by atoms with E-state index in [1.54, 1.807) is 35.9 Å². The third-order valence-electron chi connectivity index (χ3n) is 3.80. The van der Waals surface area contributed by atoms with Gasteiger partial charge in [-0.05, 0) is 38.1 Å². The smallest absolute Gasteiger partial charge is 0.278 e. The summed E-state index contributed by atoms with van der Waals surface area (Å²) in [7, 11) is 0. The zero-order valence-electron chi connectivity index (χ0n) is 14.4. The lowest BCUT2D eigenvalue weighted by Gasteiger charge is -2.10. The number of ether oxygens (including phenoxy) is 1. The minimum Gasteiger partial charge on any atom is -0.492 e. The molecule has 0 bridgehead atoms. The molecule has 0 aliphatic heterocycles. The summed E-state index contributed by atoms with van der Waals surface area (Å²) in [5.41, 5.74) is 2.28. The predicted molar refractivity (Wildman–Crippen MR) is 96.4 cm³/mol. The zero-order chi connectivity index (χ0) is 18.5. The minimum absolute atomic E-state index is 0.184. The topological polar surface area (TPSA) is 92.8 Å². The van der Waals surface area contributed by atoms with Gasteiger partial charge in [-0.3, -0.25) is 4.79 Å². The van der Waals surface area contributed by atoms with Crippen molar-refractivity contribution in [2.75, 3.05) is 11.9 Å². The zero-order valence-corrected chi connectivity index (χ0v) is 14.4. The van der Waals surface area contributed by atoms with Gasteiger partial charge in [-0.25, -0.2) is 4.68 Å². The van der Waals surface area contributed by atoms with Crippen LogP contribution in [0.5, 0.6) is 5.75 Å². The van der Waals surface area contributed by atoms with Crippen molar-refractivity contribution in [2.24, 2.45) is 0 Å². The van der Waals surface area contributed by atoms with E-state index in [2.05, 4.69) is 15.6 Å². The first kappa shape index (κ1) is 17.2. The second kappa shape index (κ2) is 7.49. The molecule has 1 amide bonds. The van der Waals surface area contributed by atoms with Crippen LogP contribution in [0.4, 0.5) is 5.69 Å². The molecule has 0 unspecified atom stereocenters. The number of carbonyl (C=O) groups excluding carboxylic acids is 1. The Morgan fingerprint density at radius 3 is 2.73 bits per heavy atom. The van der Waals surface area contributed by atoms with E-state index in [-0.39, 0.29) is 5.69 Å². The molecule has 3 rings (SSSR count). The van der Waals surface area contributed by atoms with E-state index in [4.69, 9.17) is 10.00 Å². The first-order valence-electron chi connectivity index (χ1n) is 8.10. The van der Waals surface area contributed by atoms with E-state index in [0.29, 0.717) is 35.0 Å². The van der Waals surface area contributed by atoms with E-state index in [1.807, 2.05) is 37.3 Å². The summed E-state index contributed by atoms with van der Waals surface area (Å²) >= 11 is 0. The number of benzene rings is 2. The fourth-order valence-corrected chi connectivity index (χ4v) is 2.55. The van der Waals surface area contributed by atoms with Crippen LogP contribution < -0.4 is 10.1 Å². The summed E-state index contributed by atoms with van der Waals surface area (Å²) in [4.78, 5) is 12.6. The predicted octanol–water partition coefficient (Wildman–Crippen LogP) is 3.10. The van der Waals surface area contributed by atoms with Crippen molar-refractivity contribution >= 4 is 11.6 Å². The molecule has 0 saturated carbocycles. The van der Waals surface area contributed by atoms with E-state index in [1.165, 1.54) is 0 Å². The van der Waals surface area contributed by atoms with Gasteiger partial charge in [-0.1, -0.05) is 29.5 Å². The van der Waals surface area contributed by atoms with Crippen molar-refractivity contribution < 1.29 is 9.53 Å². The number of nitrogens with zero attached hydrogens (tertiary/aromatic N) is 4. The molecule has 130 valence electrons. The molecule has 0 fully saturated rings. The van der Waals surface area contributed by atoms with Gasteiger partial charge in [0.15, 0.2) is 5.69 Å². The van der Waals surface area contributed by atoms with Crippen molar-refractivity contribution in [1.82, 2.24) is 15.0 Å². The van der Waals surface area contributed by atoms with Crippen molar-refractivity contribution in [3.63, 3.8) is 0 Å². The van der Waals surface area contributed by atoms with Gasteiger partial charge in [-0.2, -0.15) is 5.26 Å². The van der Waals surface area contributed by atoms with Crippen molar-refractivity contribution in [3.05, 3.63) is 65.5 Å². The van der Waals surface area contributed by atoms with Gasteiger partial charge >= 0.3 is 0 Å². The van der Waals surface area contributed by atoms with E-state index < -0.39 is 5.91 Å². The quantitative estimate of drug-likeness (QED) is 0.765. The SMILES string of the molecule is CCOc1ccccc1-n1nnc(C(=O)Nc2ccccc2C#N)c1C. The molecule has 0 aliphatic rings. The number of para-hydroxylation sites is 3. The first-order chi connectivity index (χ1) is 12.7. The molecule has 1 aromatic heterocycles. The Hall–Kier alpha value is -3.66. The largest absolute Gasteiger partial charge is 0.492 e. The molecule has 2 aromatic carbocycles. The Labute approximate surface area is 150 Å². The highest BCUT2D eigenvalue weighted by molar-refractivity contribution is 6.04. The number of hydrogen-bond acceptors (Lipinski definition) is 5. The summed E-state index contributed by atoms with van der Waals surface area (Å²) in [5, 5.41) is 20.0. The van der Waals surface area contributed by atoms with Crippen molar-refractivity contribution in [1.29, 1.82) is 5.26 Å². The summed E-state index contributed by atoms with van der Waals surface area (Å²) in [6.07, 6.45) is 0. The van der Waals surface area contributed by atoms with Crippen LogP contribution in [0.25, 0.3) is 5.69 Å². The Kier molecular flexibility index (Phi) is 4.94. The average molecular weight is 347 g/mol. The van der Waals surface area contributed by atoms with Gasteiger partial charge in [0.2, 0.25) is 0 Å². The second-order valence-corrected chi connectivity index (χ2v) is 5.45. The molecule has 7 heteroatoms. The first-order valence-corrected chi connectivity index (χ1v) is 8.10. The average Bonchev–Trinajstić information content (AvgIpc) is 3.04. The molecule has 7 nitrogen and oxygen atoms in total. The lowest BCUT2D eigenvalue weighted by molar-refractivity contribution is 0.102. The molecule has 0 spiro atoms. The minimum atomic E-state index is -0.426. The molecule has 0 aliphatic carbocycles. The van der Waals surface area contributed by atoms with Gasteiger partial charge in [0.05, 0.1) is 23.6 Å². The number of rotatable bonds is 5. The monoisotopic (exact) mass is 347 g/mol. The number of carbonyl (C=O) groups is 1. The number of amides is 1. The molecule has 1 N–H and O–H groups in total. The molecule has 0 atom stereocenters. The number of nitriles is 1. The van der Waals surface area contributed by atoms with Crippen LogP contribution in [-0.2, 0) is 0 Å². The maximum atomic E-state index is 12.6. The van der Waals surface area contributed by atoms with Crippen LogP contribution in [0.2, 0.25) is 0 Å². The van der Waals surface area contributed by atoms with Crippen LogP contribution in [0, 0.1) is 18.3 Å². The summed E-state index contributed by atoms with van der Waals surface area (Å²) < 4.78 is 7.18. The lowest BCUT2D eigenvalue weighted by atomic mass is 10.2. The summed E-state index contributed by atoms with van der Waals surface area (Å²) in [6, 6.07) is 16.2. The molecule has 0 radical (unpaired) electrons. The molecular weight excluding hydrogens is 330 g/mol. The molecule has 1 heterocycles. The Morgan fingerprint density at radius 1 is 1.23 bits per heavy atom. The number of anilines is 1. The van der Waals surface area contributed by atoms with Crippen LogP contribution in [-0.4, -0.2) is 27.5 Å². The van der Waals surface area contributed by atoms with Gasteiger partial charge < -0.3 is 10.1 Å².